The molecule has 0 aliphatic carbocycles. The number of hydrogen-bond acceptors (Lipinski definition) is 2. The van der Waals surface area contributed by atoms with Gasteiger partial charge in [-0.25, -0.2) is 4.98 Å². The number of aromatic nitrogens is 2. The van der Waals surface area contributed by atoms with Gasteiger partial charge in [0.1, 0.15) is 4.64 Å². The summed E-state index contributed by atoms with van der Waals surface area (Å²) in [5.74, 6) is 0.363. The molecular weight excluding hydrogens is 252 g/mol. The summed E-state index contributed by atoms with van der Waals surface area (Å²) in [4.78, 5) is 7.47. The van der Waals surface area contributed by atoms with Crippen LogP contribution in [0, 0.1) is 4.64 Å². The number of nitrogens with zero attached hydrogens (tertiary/aromatic N) is 1. The molecule has 0 aliphatic heterocycles. The maximum Gasteiger partial charge on any atom is 0.133 e. The molecule has 1 aromatic carbocycles. The van der Waals surface area contributed by atoms with Gasteiger partial charge in [0.15, 0.2) is 0 Å². The van der Waals surface area contributed by atoms with Crippen molar-refractivity contribution in [2.24, 2.45) is 0 Å². The van der Waals surface area contributed by atoms with Crippen LogP contribution in [-0.4, -0.2) is 9.97 Å². The molecule has 0 fully saturated rings. The Morgan fingerprint density at radius 3 is 2.79 bits per heavy atom. The Morgan fingerprint density at radius 1 is 1.32 bits per heavy atom. The first kappa shape index (κ1) is 13.9. The van der Waals surface area contributed by atoms with E-state index in [0.29, 0.717) is 10.6 Å². The van der Waals surface area contributed by atoms with E-state index in [9.17, 15) is 0 Å². The molecule has 0 aliphatic rings. The Bertz CT molecular complexity index is 614. The quantitative estimate of drug-likeness (QED) is 0.803. The highest BCUT2D eigenvalue weighted by atomic mass is 32.1. The van der Waals surface area contributed by atoms with E-state index in [-0.39, 0.29) is 0 Å². The second-order valence-corrected chi connectivity index (χ2v) is 5.49. The molecule has 0 spiro atoms. The van der Waals surface area contributed by atoms with Crippen molar-refractivity contribution >= 4 is 12.2 Å². The third-order valence-corrected chi connectivity index (χ3v) is 3.55. The average Bonchev–Trinajstić information content (AvgIpc) is 2.38. The number of benzene rings is 1. The van der Waals surface area contributed by atoms with E-state index >= 15 is 0 Å². The molecule has 1 heterocycles. The van der Waals surface area contributed by atoms with Gasteiger partial charge in [0, 0.05) is 5.56 Å². The van der Waals surface area contributed by atoms with Crippen molar-refractivity contribution in [3.63, 3.8) is 0 Å². The molecule has 0 saturated carbocycles. The first-order valence-corrected chi connectivity index (χ1v) is 7.21. The molecule has 2 nitrogen and oxygen atoms in total. The van der Waals surface area contributed by atoms with Crippen LogP contribution >= 0.6 is 12.2 Å². The topological polar surface area (TPSA) is 28.7 Å². The third-order valence-electron chi connectivity index (χ3n) is 3.22. The third kappa shape index (κ3) is 3.10. The number of rotatable bonds is 4. The zero-order valence-corrected chi connectivity index (χ0v) is 12.6. The van der Waals surface area contributed by atoms with Crippen LogP contribution in [0.3, 0.4) is 0 Å². The van der Waals surface area contributed by atoms with Gasteiger partial charge < -0.3 is 4.98 Å². The van der Waals surface area contributed by atoms with E-state index < -0.39 is 0 Å². The van der Waals surface area contributed by atoms with Gasteiger partial charge in [-0.2, -0.15) is 0 Å². The lowest BCUT2D eigenvalue weighted by atomic mass is 9.97. The second kappa shape index (κ2) is 6.11. The Morgan fingerprint density at radius 2 is 2.11 bits per heavy atom. The van der Waals surface area contributed by atoms with E-state index in [4.69, 9.17) is 12.2 Å². The van der Waals surface area contributed by atoms with E-state index in [0.717, 1.165) is 24.1 Å². The van der Waals surface area contributed by atoms with Crippen LogP contribution in [0.5, 0.6) is 0 Å². The van der Waals surface area contributed by atoms with Crippen LogP contribution in [0.1, 0.15) is 44.2 Å². The van der Waals surface area contributed by atoms with Gasteiger partial charge in [0.25, 0.3) is 0 Å². The van der Waals surface area contributed by atoms with E-state index in [1.807, 2.05) is 0 Å². The molecule has 0 bridgehead atoms. The lowest BCUT2D eigenvalue weighted by Gasteiger charge is -2.13. The highest BCUT2D eigenvalue weighted by molar-refractivity contribution is 7.71. The summed E-state index contributed by atoms with van der Waals surface area (Å²) < 4.78 is 0.699. The molecule has 100 valence electrons. The minimum absolute atomic E-state index is 0.363. The van der Waals surface area contributed by atoms with E-state index in [1.54, 1.807) is 6.33 Å². The Kier molecular flexibility index (Phi) is 4.48. The Labute approximate surface area is 119 Å². The van der Waals surface area contributed by atoms with Crippen LogP contribution in [-0.2, 0) is 6.42 Å². The molecule has 0 unspecified atom stereocenters. The summed E-state index contributed by atoms with van der Waals surface area (Å²) in [5.41, 5.74) is 4.80. The minimum atomic E-state index is 0.363. The zero-order valence-electron chi connectivity index (χ0n) is 11.7. The predicted octanol–water partition coefficient (Wildman–Crippen LogP) is 4.88. The van der Waals surface area contributed by atoms with Crippen molar-refractivity contribution in [3.8, 4) is 11.3 Å². The lowest BCUT2D eigenvalue weighted by Crippen LogP contribution is -1.99. The molecule has 3 heteroatoms. The number of hydrogen-bond donors (Lipinski definition) is 1. The van der Waals surface area contributed by atoms with Crippen molar-refractivity contribution in [2.75, 3.05) is 0 Å². The highest BCUT2D eigenvalue weighted by Crippen LogP contribution is 2.28. The Hall–Kier alpha value is -1.48. The first-order valence-electron chi connectivity index (χ1n) is 6.80. The van der Waals surface area contributed by atoms with Crippen LogP contribution in [0.25, 0.3) is 11.3 Å². The highest BCUT2D eigenvalue weighted by Gasteiger charge is 2.11. The van der Waals surface area contributed by atoms with Crippen molar-refractivity contribution in [2.45, 2.75) is 39.5 Å². The van der Waals surface area contributed by atoms with Gasteiger partial charge in [-0.15, -0.1) is 0 Å². The molecule has 19 heavy (non-hydrogen) atoms. The van der Waals surface area contributed by atoms with Crippen LogP contribution in [0.2, 0.25) is 0 Å². The average molecular weight is 272 g/mol. The molecule has 0 saturated heterocycles. The van der Waals surface area contributed by atoms with Gasteiger partial charge in [-0.3, -0.25) is 0 Å². The van der Waals surface area contributed by atoms with Crippen LogP contribution in [0.15, 0.2) is 30.6 Å². The van der Waals surface area contributed by atoms with Crippen molar-refractivity contribution in [3.05, 3.63) is 46.4 Å². The SMILES string of the molecule is CCCc1cccc(-c2[nH]cnc(=S)c2C(C)C)c1. The van der Waals surface area contributed by atoms with E-state index in [2.05, 4.69) is 55.0 Å². The molecule has 1 N–H and O–H groups in total. The number of aryl methyl sites for hydroxylation is 1. The smallest absolute Gasteiger partial charge is 0.133 e. The standard InChI is InChI=1S/C16H20N2S/c1-4-6-12-7-5-8-13(9-12)15-14(11(2)3)16(19)18-10-17-15/h5,7-11H,4,6H2,1-3H3,(H,17,18,19). The van der Waals surface area contributed by atoms with Gasteiger partial charge >= 0.3 is 0 Å². The molecule has 2 rings (SSSR count). The number of nitrogens with one attached hydrogen (secondary N) is 1. The summed E-state index contributed by atoms with van der Waals surface area (Å²) in [5, 5.41) is 0. The largest absolute Gasteiger partial charge is 0.346 e. The molecule has 0 amide bonds. The second-order valence-electron chi connectivity index (χ2n) is 5.10. The molecule has 0 atom stereocenters. The van der Waals surface area contributed by atoms with Gasteiger partial charge in [0.05, 0.1) is 12.0 Å². The summed E-state index contributed by atoms with van der Waals surface area (Å²) >= 11 is 5.37. The van der Waals surface area contributed by atoms with Gasteiger partial charge in [0.2, 0.25) is 0 Å². The summed E-state index contributed by atoms with van der Waals surface area (Å²) in [7, 11) is 0. The van der Waals surface area contributed by atoms with Crippen LogP contribution < -0.4 is 0 Å². The maximum absolute atomic E-state index is 5.37. The van der Waals surface area contributed by atoms with E-state index in [1.165, 1.54) is 11.1 Å². The fourth-order valence-electron chi connectivity index (χ4n) is 2.36. The lowest BCUT2D eigenvalue weighted by molar-refractivity contribution is 0.843. The van der Waals surface area contributed by atoms with Crippen molar-refractivity contribution in [1.29, 1.82) is 0 Å². The van der Waals surface area contributed by atoms with Gasteiger partial charge in [-0.1, -0.05) is 57.6 Å². The normalized spacial score (nSPS) is 10.9. The fraction of sp³-hybridized carbons (Fsp3) is 0.375. The molecule has 1 aromatic heterocycles. The van der Waals surface area contributed by atoms with Crippen molar-refractivity contribution in [1.82, 2.24) is 9.97 Å². The molecular formula is C16H20N2S. The maximum atomic E-state index is 5.37. The number of H-pyrrole nitrogens is 1. The Balaban J connectivity index is 2.55. The fourth-order valence-corrected chi connectivity index (χ4v) is 2.75. The minimum Gasteiger partial charge on any atom is -0.346 e. The summed E-state index contributed by atoms with van der Waals surface area (Å²) in [6.45, 7) is 6.51. The molecule has 2 aromatic rings. The zero-order chi connectivity index (χ0) is 13.8. The number of aromatic amines is 1. The van der Waals surface area contributed by atoms with Gasteiger partial charge in [-0.05, 0) is 29.5 Å². The van der Waals surface area contributed by atoms with Crippen LogP contribution in [0.4, 0.5) is 0 Å². The molecule has 0 radical (unpaired) electrons. The van der Waals surface area contributed by atoms with Crippen molar-refractivity contribution < 1.29 is 0 Å². The predicted molar refractivity (Wildman–Crippen MR) is 82.9 cm³/mol. The summed E-state index contributed by atoms with van der Waals surface area (Å²) in [6.07, 6.45) is 3.96. The monoisotopic (exact) mass is 272 g/mol. The summed E-state index contributed by atoms with van der Waals surface area (Å²) in [6, 6.07) is 8.67. The first-order chi connectivity index (χ1) is 9.13.